The Hall–Kier alpha value is -2.10. The maximum atomic E-state index is 13.3. The molecule has 10 heteroatoms. The smallest absolute Gasteiger partial charge is 0.345 e. The van der Waals surface area contributed by atoms with Crippen molar-refractivity contribution in [1.82, 2.24) is 5.32 Å². The Balaban J connectivity index is 2.38. The van der Waals surface area contributed by atoms with Crippen molar-refractivity contribution in [3.63, 3.8) is 0 Å². The number of ether oxygens (including phenoxy) is 1. The Morgan fingerprint density at radius 3 is 2.76 bits per heavy atom. The van der Waals surface area contributed by atoms with Crippen molar-refractivity contribution in [3.8, 4) is 0 Å². The number of nitrogens with two attached hydrogens (primary N) is 2. The molecule has 0 aromatic heterocycles. The lowest BCUT2D eigenvalue weighted by Gasteiger charge is -2.23. The van der Waals surface area contributed by atoms with Crippen LogP contribution in [0.2, 0.25) is 5.02 Å². The number of carbonyl (C=O) groups is 1. The van der Waals surface area contributed by atoms with Gasteiger partial charge in [-0.2, -0.15) is 8.78 Å². The van der Waals surface area contributed by atoms with Gasteiger partial charge in [-0.1, -0.05) is 11.6 Å². The number of amides is 1. The first-order chi connectivity index (χ1) is 11.8. The molecule has 1 aromatic rings. The molecule has 0 fully saturated rings. The van der Waals surface area contributed by atoms with Gasteiger partial charge in [-0.15, -0.1) is 0 Å². The standard InChI is InChI=1S/C15H16ClF3N4O2/c16-9-3-7(1-2-10(9)17)13(20)12(14(21)24)11-5-22-4-8(23-11)6-25-15(18)19/h1-3,8,15,22H,4-6,20H2,(H2,21,24). The molecule has 25 heavy (non-hydrogen) atoms. The zero-order valence-electron chi connectivity index (χ0n) is 12.9. The van der Waals surface area contributed by atoms with Crippen molar-refractivity contribution < 1.29 is 22.7 Å². The fourth-order valence-electron chi connectivity index (χ4n) is 2.34. The molecule has 6 nitrogen and oxygen atoms in total. The second kappa shape index (κ2) is 8.32. The van der Waals surface area contributed by atoms with Gasteiger partial charge in [0.1, 0.15) is 5.82 Å². The van der Waals surface area contributed by atoms with E-state index in [4.69, 9.17) is 23.1 Å². The minimum atomic E-state index is -2.92. The van der Waals surface area contributed by atoms with E-state index in [1.807, 2.05) is 0 Å². The van der Waals surface area contributed by atoms with Crippen molar-refractivity contribution in [2.24, 2.45) is 16.5 Å². The average Bonchev–Trinajstić information content (AvgIpc) is 2.55. The highest BCUT2D eigenvalue weighted by Crippen LogP contribution is 2.22. The lowest BCUT2D eigenvalue weighted by molar-refractivity contribution is -0.131. The highest BCUT2D eigenvalue weighted by molar-refractivity contribution is 6.31. The van der Waals surface area contributed by atoms with Gasteiger partial charge in [0.25, 0.3) is 5.91 Å². The molecule has 0 radical (unpaired) electrons. The Kier molecular flexibility index (Phi) is 6.40. The molecule has 1 atom stereocenters. The largest absolute Gasteiger partial charge is 0.398 e. The molecule has 0 saturated carbocycles. The summed E-state index contributed by atoms with van der Waals surface area (Å²) in [6.45, 7) is -2.79. The van der Waals surface area contributed by atoms with Crippen molar-refractivity contribution in [2.75, 3.05) is 19.7 Å². The number of hydrogen-bond donors (Lipinski definition) is 3. The molecule has 0 bridgehead atoms. The van der Waals surface area contributed by atoms with E-state index in [0.717, 1.165) is 6.07 Å². The van der Waals surface area contributed by atoms with Crippen molar-refractivity contribution >= 4 is 28.9 Å². The number of halogens is 4. The van der Waals surface area contributed by atoms with Gasteiger partial charge >= 0.3 is 6.61 Å². The number of hydrogen-bond acceptors (Lipinski definition) is 5. The minimum Gasteiger partial charge on any atom is -0.398 e. The number of alkyl halides is 2. The molecular weight excluding hydrogens is 361 g/mol. The van der Waals surface area contributed by atoms with E-state index in [0.29, 0.717) is 6.54 Å². The first-order valence-corrected chi connectivity index (χ1v) is 7.60. The molecule has 1 aliphatic heterocycles. The average molecular weight is 377 g/mol. The first-order valence-electron chi connectivity index (χ1n) is 7.22. The number of aliphatic imine (C=N–C) groups is 1. The van der Waals surface area contributed by atoms with Crippen LogP contribution < -0.4 is 16.8 Å². The predicted molar refractivity (Wildman–Crippen MR) is 87.8 cm³/mol. The van der Waals surface area contributed by atoms with E-state index in [9.17, 15) is 18.0 Å². The van der Waals surface area contributed by atoms with Gasteiger partial charge in [0.15, 0.2) is 0 Å². The Bertz CT molecular complexity index is 725. The second-order valence-corrected chi connectivity index (χ2v) is 5.64. The van der Waals surface area contributed by atoms with Gasteiger partial charge in [0.05, 0.1) is 34.7 Å². The summed E-state index contributed by atoms with van der Waals surface area (Å²) >= 11 is 5.72. The normalized spacial score (nSPS) is 18.8. The molecule has 0 spiro atoms. The molecule has 2 rings (SSSR count). The van der Waals surface area contributed by atoms with Gasteiger partial charge in [0.2, 0.25) is 0 Å². The van der Waals surface area contributed by atoms with Crippen LogP contribution >= 0.6 is 11.6 Å². The number of carbonyl (C=O) groups excluding carboxylic acids is 1. The van der Waals surface area contributed by atoms with E-state index in [1.54, 1.807) is 0 Å². The van der Waals surface area contributed by atoms with Crippen LogP contribution in [0.1, 0.15) is 5.56 Å². The molecule has 1 heterocycles. The SMILES string of the molecule is NC(=O)C(C1=NC(COC(F)F)CNC1)=C(N)c1ccc(F)c(Cl)c1. The Morgan fingerprint density at radius 1 is 1.44 bits per heavy atom. The minimum absolute atomic E-state index is 0.0367. The zero-order valence-corrected chi connectivity index (χ0v) is 13.7. The molecule has 1 amide bonds. The second-order valence-electron chi connectivity index (χ2n) is 5.24. The zero-order chi connectivity index (χ0) is 18.6. The van der Waals surface area contributed by atoms with E-state index in [2.05, 4.69) is 15.0 Å². The number of benzene rings is 1. The Labute approximate surface area is 146 Å². The number of rotatable bonds is 6. The van der Waals surface area contributed by atoms with Crippen LogP contribution in [0.3, 0.4) is 0 Å². The number of primary amides is 1. The monoisotopic (exact) mass is 376 g/mol. The third-order valence-electron chi connectivity index (χ3n) is 3.46. The summed E-state index contributed by atoms with van der Waals surface area (Å²) in [6.07, 6.45) is 0. The fourth-order valence-corrected chi connectivity index (χ4v) is 2.52. The lowest BCUT2D eigenvalue weighted by atomic mass is 10.0. The molecule has 1 aromatic carbocycles. The van der Waals surface area contributed by atoms with Crippen LogP contribution in [0, 0.1) is 5.82 Å². The summed E-state index contributed by atoms with van der Waals surface area (Å²) in [5.41, 5.74) is 11.8. The summed E-state index contributed by atoms with van der Waals surface area (Å²) in [7, 11) is 0. The van der Waals surface area contributed by atoms with E-state index in [1.165, 1.54) is 12.1 Å². The van der Waals surface area contributed by atoms with Gasteiger partial charge in [0, 0.05) is 13.1 Å². The van der Waals surface area contributed by atoms with Gasteiger partial charge in [-0.25, -0.2) is 4.39 Å². The Morgan fingerprint density at radius 2 is 2.16 bits per heavy atom. The summed E-state index contributed by atoms with van der Waals surface area (Å²) in [6, 6.07) is 3.07. The fraction of sp³-hybridized carbons (Fsp3) is 0.333. The number of nitrogens with one attached hydrogen (secondary N) is 1. The molecule has 5 N–H and O–H groups in total. The molecule has 1 aliphatic rings. The molecule has 0 saturated heterocycles. The van der Waals surface area contributed by atoms with Crippen LogP contribution in [0.5, 0.6) is 0 Å². The van der Waals surface area contributed by atoms with Gasteiger partial charge in [-0.3, -0.25) is 9.79 Å². The molecule has 1 unspecified atom stereocenters. The first kappa shape index (κ1) is 19.2. The maximum Gasteiger partial charge on any atom is 0.345 e. The molecular formula is C15H16ClF3N4O2. The topological polar surface area (TPSA) is 103 Å². The van der Waals surface area contributed by atoms with E-state index in [-0.39, 0.29) is 40.7 Å². The summed E-state index contributed by atoms with van der Waals surface area (Å²) < 4.78 is 41.8. The third kappa shape index (κ3) is 4.94. The van der Waals surface area contributed by atoms with Crippen LogP contribution in [0.25, 0.3) is 5.70 Å². The van der Waals surface area contributed by atoms with Crippen LogP contribution in [-0.4, -0.2) is 44.0 Å². The van der Waals surface area contributed by atoms with Crippen molar-refractivity contribution in [1.29, 1.82) is 0 Å². The van der Waals surface area contributed by atoms with Crippen LogP contribution in [-0.2, 0) is 9.53 Å². The van der Waals surface area contributed by atoms with Crippen molar-refractivity contribution in [2.45, 2.75) is 12.7 Å². The van der Waals surface area contributed by atoms with Crippen LogP contribution in [0.4, 0.5) is 13.2 Å². The molecule has 0 aliphatic carbocycles. The summed E-state index contributed by atoms with van der Waals surface area (Å²) in [5.74, 6) is -1.49. The third-order valence-corrected chi connectivity index (χ3v) is 3.75. The summed E-state index contributed by atoms with van der Waals surface area (Å²) in [4.78, 5) is 16.1. The van der Waals surface area contributed by atoms with E-state index < -0.39 is 24.4 Å². The highest BCUT2D eigenvalue weighted by Gasteiger charge is 2.24. The van der Waals surface area contributed by atoms with Crippen LogP contribution in [0.15, 0.2) is 28.8 Å². The lowest BCUT2D eigenvalue weighted by Crippen LogP contribution is -2.42. The van der Waals surface area contributed by atoms with Crippen molar-refractivity contribution in [3.05, 3.63) is 40.2 Å². The quantitative estimate of drug-likeness (QED) is 0.651. The highest BCUT2D eigenvalue weighted by atomic mass is 35.5. The number of nitrogens with zero attached hydrogens (tertiary/aromatic N) is 1. The molecule has 136 valence electrons. The van der Waals surface area contributed by atoms with Gasteiger partial charge in [-0.05, 0) is 23.8 Å². The van der Waals surface area contributed by atoms with E-state index >= 15 is 0 Å². The predicted octanol–water partition coefficient (Wildman–Crippen LogP) is 1.29. The maximum absolute atomic E-state index is 13.3. The van der Waals surface area contributed by atoms with Gasteiger partial charge < -0.3 is 21.5 Å². The summed E-state index contributed by atoms with van der Waals surface area (Å²) in [5, 5.41) is 2.76.